The molecule has 12 heteroatoms. The Hall–Kier alpha value is -3.21. The molecule has 0 radical (unpaired) electrons. The second-order valence-corrected chi connectivity index (χ2v) is 5.77. The maximum Gasteiger partial charge on any atom is 0.434 e. The third-order valence-electron chi connectivity index (χ3n) is 3.49. The average Bonchev–Trinajstić information content (AvgIpc) is 3.08. The zero-order chi connectivity index (χ0) is 20.5. The first-order chi connectivity index (χ1) is 13.2. The molecule has 0 N–H and O–H groups in total. The number of halogens is 4. The molecular weight excluding hydrogens is 403 g/mol. The zero-order valence-corrected chi connectivity index (χ0v) is 14.9. The van der Waals surface area contributed by atoms with Gasteiger partial charge in [-0.1, -0.05) is 11.6 Å². The first kappa shape index (κ1) is 19.5. The summed E-state index contributed by atoms with van der Waals surface area (Å²) < 4.78 is 46.6. The number of ether oxygens (including phenoxy) is 1. The lowest BCUT2D eigenvalue weighted by molar-refractivity contribution is -0.143. The lowest BCUT2D eigenvalue weighted by Gasteiger charge is -2.12. The van der Waals surface area contributed by atoms with E-state index >= 15 is 0 Å². The summed E-state index contributed by atoms with van der Waals surface area (Å²) in [7, 11) is 0. The maximum atomic E-state index is 13.5. The molecule has 0 aliphatic carbocycles. The highest BCUT2D eigenvalue weighted by atomic mass is 35.5. The van der Waals surface area contributed by atoms with Gasteiger partial charge in [0.05, 0.1) is 35.9 Å². The number of hydrogen-bond donors (Lipinski definition) is 0. The summed E-state index contributed by atoms with van der Waals surface area (Å²) in [5, 5.41) is 7.59. The Morgan fingerprint density at radius 1 is 1.18 bits per heavy atom. The Kier molecular flexibility index (Phi) is 5.18. The Labute approximate surface area is 160 Å². The van der Waals surface area contributed by atoms with Crippen LogP contribution in [-0.4, -0.2) is 37.1 Å². The summed E-state index contributed by atoms with van der Waals surface area (Å²) in [6.45, 7) is 1.39. The van der Waals surface area contributed by atoms with Gasteiger partial charge in [-0.05, 0) is 19.1 Å². The van der Waals surface area contributed by atoms with Crippen molar-refractivity contribution in [2.75, 3.05) is 6.61 Å². The normalized spacial score (nSPS) is 11.5. The predicted molar refractivity (Wildman–Crippen MR) is 90.7 cm³/mol. The van der Waals surface area contributed by atoms with Gasteiger partial charge < -0.3 is 4.74 Å². The third-order valence-corrected chi connectivity index (χ3v) is 3.70. The van der Waals surface area contributed by atoms with E-state index in [2.05, 4.69) is 19.9 Å². The van der Waals surface area contributed by atoms with Gasteiger partial charge in [-0.25, -0.2) is 14.5 Å². The number of nitrogens with zero attached hydrogens (tertiary/aromatic N) is 5. The topological polar surface area (TPSA) is 91.9 Å². The molecule has 0 aromatic carbocycles. The van der Waals surface area contributed by atoms with Crippen LogP contribution >= 0.6 is 11.6 Å². The van der Waals surface area contributed by atoms with E-state index < -0.39 is 29.0 Å². The first-order valence-corrected chi connectivity index (χ1v) is 8.14. The smallest absolute Gasteiger partial charge is 0.434 e. The van der Waals surface area contributed by atoms with E-state index in [1.807, 2.05) is 0 Å². The van der Waals surface area contributed by atoms with Crippen molar-refractivity contribution < 1.29 is 22.7 Å². The van der Waals surface area contributed by atoms with E-state index in [0.717, 1.165) is 23.1 Å². The number of esters is 1. The summed E-state index contributed by atoms with van der Waals surface area (Å²) in [6.07, 6.45) is -1.74. The monoisotopic (exact) mass is 413 g/mol. The fourth-order valence-electron chi connectivity index (χ4n) is 2.36. The number of rotatable bonds is 4. The van der Waals surface area contributed by atoms with Crippen molar-refractivity contribution in [1.82, 2.24) is 24.5 Å². The molecular formula is C16H11ClF3N5O3. The second-order valence-electron chi connectivity index (χ2n) is 5.34. The van der Waals surface area contributed by atoms with Crippen LogP contribution in [0.1, 0.15) is 23.0 Å². The van der Waals surface area contributed by atoms with E-state index in [0.29, 0.717) is 4.68 Å². The Balaban J connectivity index is 2.05. The van der Waals surface area contributed by atoms with Crippen LogP contribution in [0.25, 0.3) is 11.5 Å². The number of aromatic nitrogens is 5. The van der Waals surface area contributed by atoms with Crippen LogP contribution in [0.4, 0.5) is 13.2 Å². The lowest BCUT2D eigenvalue weighted by atomic mass is 10.2. The molecule has 0 fully saturated rings. The summed E-state index contributed by atoms with van der Waals surface area (Å²) in [4.78, 5) is 27.6. The average molecular weight is 414 g/mol. The van der Waals surface area contributed by atoms with Gasteiger partial charge in [0.2, 0.25) is 0 Å². The van der Waals surface area contributed by atoms with Gasteiger partial charge in [0.15, 0.2) is 11.5 Å². The van der Waals surface area contributed by atoms with Crippen molar-refractivity contribution in [3.05, 3.63) is 63.4 Å². The van der Waals surface area contributed by atoms with Crippen LogP contribution in [0.15, 0.2) is 41.6 Å². The SMILES string of the molecule is CCOC(=O)c1cnn(-c2ccc(-n3ncc(Cl)cc3=O)cn2)c1C(F)(F)F. The van der Waals surface area contributed by atoms with Crippen molar-refractivity contribution >= 4 is 17.6 Å². The molecule has 3 aromatic rings. The summed E-state index contributed by atoms with van der Waals surface area (Å²) in [6, 6.07) is 3.66. The molecule has 0 unspecified atom stereocenters. The molecule has 0 spiro atoms. The molecule has 8 nitrogen and oxygen atoms in total. The predicted octanol–water partition coefficient (Wildman–Crippen LogP) is 2.66. The Morgan fingerprint density at radius 3 is 2.46 bits per heavy atom. The van der Waals surface area contributed by atoms with Crippen LogP contribution in [0.3, 0.4) is 0 Å². The number of carbonyl (C=O) groups is 1. The molecule has 0 aliphatic rings. The molecule has 3 aromatic heterocycles. The molecule has 3 heterocycles. The first-order valence-electron chi connectivity index (χ1n) is 7.76. The van der Waals surface area contributed by atoms with Gasteiger partial charge in [0, 0.05) is 6.07 Å². The molecule has 28 heavy (non-hydrogen) atoms. The summed E-state index contributed by atoms with van der Waals surface area (Å²) in [5.41, 5.74) is -2.37. The number of alkyl halides is 3. The second kappa shape index (κ2) is 7.43. The van der Waals surface area contributed by atoms with Gasteiger partial charge in [-0.15, -0.1) is 0 Å². The van der Waals surface area contributed by atoms with E-state index in [-0.39, 0.29) is 23.1 Å². The van der Waals surface area contributed by atoms with Crippen molar-refractivity contribution in [3.8, 4) is 11.5 Å². The molecule has 0 bridgehead atoms. The molecule has 0 atom stereocenters. The van der Waals surface area contributed by atoms with E-state index in [9.17, 15) is 22.8 Å². The minimum atomic E-state index is -4.88. The minimum absolute atomic E-state index is 0.0862. The highest BCUT2D eigenvalue weighted by Crippen LogP contribution is 2.33. The van der Waals surface area contributed by atoms with Crippen LogP contribution in [0.5, 0.6) is 0 Å². The van der Waals surface area contributed by atoms with Crippen molar-refractivity contribution in [2.45, 2.75) is 13.1 Å². The van der Waals surface area contributed by atoms with E-state index in [1.54, 1.807) is 0 Å². The highest BCUT2D eigenvalue weighted by Gasteiger charge is 2.41. The van der Waals surface area contributed by atoms with Crippen molar-refractivity contribution in [1.29, 1.82) is 0 Å². The van der Waals surface area contributed by atoms with Crippen molar-refractivity contribution in [3.63, 3.8) is 0 Å². The summed E-state index contributed by atoms with van der Waals surface area (Å²) in [5.74, 6) is -1.36. The largest absolute Gasteiger partial charge is 0.462 e. The van der Waals surface area contributed by atoms with E-state index in [4.69, 9.17) is 11.6 Å². The van der Waals surface area contributed by atoms with E-state index in [1.165, 1.54) is 25.3 Å². The van der Waals surface area contributed by atoms with Gasteiger partial charge in [-0.3, -0.25) is 4.79 Å². The molecule has 0 amide bonds. The summed E-state index contributed by atoms with van der Waals surface area (Å²) >= 11 is 5.67. The molecule has 0 saturated heterocycles. The lowest BCUT2D eigenvalue weighted by Crippen LogP contribution is -2.21. The zero-order valence-electron chi connectivity index (χ0n) is 14.1. The number of hydrogen-bond acceptors (Lipinski definition) is 6. The van der Waals surface area contributed by atoms with Crippen LogP contribution in [-0.2, 0) is 10.9 Å². The maximum absolute atomic E-state index is 13.5. The number of pyridine rings is 1. The molecule has 3 rings (SSSR count). The van der Waals surface area contributed by atoms with Crippen LogP contribution in [0, 0.1) is 0 Å². The third kappa shape index (κ3) is 3.74. The van der Waals surface area contributed by atoms with Gasteiger partial charge >= 0.3 is 12.1 Å². The molecule has 0 aliphatic heterocycles. The van der Waals surface area contributed by atoms with Gasteiger partial charge in [-0.2, -0.15) is 28.1 Å². The molecule has 0 saturated carbocycles. The quantitative estimate of drug-likeness (QED) is 0.611. The molecule has 146 valence electrons. The van der Waals surface area contributed by atoms with Crippen LogP contribution in [0.2, 0.25) is 5.02 Å². The van der Waals surface area contributed by atoms with Gasteiger partial charge in [0.1, 0.15) is 5.56 Å². The standard InChI is InChI=1S/C16H11ClF3N5O3/c1-2-28-15(27)11-8-23-25(14(11)16(18,19)20)12-4-3-10(7-21-12)24-13(26)5-9(17)6-22-24/h3-8H,2H2,1H3. The highest BCUT2D eigenvalue weighted by molar-refractivity contribution is 6.30. The Bertz CT molecular complexity index is 1080. The van der Waals surface area contributed by atoms with Crippen LogP contribution < -0.4 is 5.56 Å². The van der Waals surface area contributed by atoms with Crippen molar-refractivity contribution in [2.24, 2.45) is 0 Å². The number of carbonyl (C=O) groups excluding carboxylic acids is 1. The fraction of sp³-hybridized carbons (Fsp3) is 0.188. The van der Waals surface area contributed by atoms with Gasteiger partial charge in [0.25, 0.3) is 5.56 Å². The fourth-order valence-corrected chi connectivity index (χ4v) is 2.50. The minimum Gasteiger partial charge on any atom is -0.462 e. The Morgan fingerprint density at radius 2 is 1.89 bits per heavy atom.